The summed E-state index contributed by atoms with van der Waals surface area (Å²) >= 11 is 0. The van der Waals surface area contributed by atoms with Crippen molar-refractivity contribution in [1.29, 1.82) is 0 Å². The minimum atomic E-state index is -4.79. The maximum absolute atomic E-state index is 13.4. The van der Waals surface area contributed by atoms with E-state index in [1.54, 1.807) is 24.3 Å². The molecule has 0 saturated carbocycles. The second kappa shape index (κ2) is 5.74. The molecule has 0 fully saturated rings. The molecule has 3 rings (SSSR count). The second-order valence-electron chi connectivity index (χ2n) is 5.39. The van der Waals surface area contributed by atoms with Gasteiger partial charge in [-0.25, -0.2) is 9.37 Å². The van der Waals surface area contributed by atoms with Gasteiger partial charge in [0.1, 0.15) is 11.5 Å². The van der Waals surface area contributed by atoms with E-state index in [4.69, 9.17) is 0 Å². The number of hydrogen-bond donors (Lipinski definition) is 0. The summed E-state index contributed by atoms with van der Waals surface area (Å²) in [5.74, 6) is -1.34. The third-order valence-electron chi connectivity index (χ3n) is 3.69. The Labute approximate surface area is 134 Å². The highest BCUT2D eigenvalue weighted by atomic mass is 19.4. The van der Waals surface area contributed by atoms with Crippen molar-refractivity contribution in [2.45, 2.75) is 19.6 Å². The maximum Gasteiger partial charge on any atom is 0.419 e. The Morgan fingerprint density at radius 3 is 2.54 bits per heavy atom. The van der Waals surface area contributed by atoms with Gasteiger partial charge in [0.15, 0.2) is 0 Å². The normalized spacial score (nSPS) is 11.9. The first-order chi connectivity index (χ1) is 11.3. The summed E-state index contributed by atoms with van der Waals surface area (Å²) in [7, 11) is 0. The van der Waals surface area contributed by atoms with E-state index < -0.39 is 23.1 Å². The number of para-hydroxylation sites is 2. The van der Waals surface area contributed by atoms with Crippen molar-refractivity contribution in [2.24, 2.45) is 0 Å². The van der Waals surface area contributed by atoms with E-state index in [0.717, 1.165) is 12.1 Å². The van der Waals surface area contributed by atoms with Crippen LogP contribution in [-0.2, 0) is 12.7 Å². The summed E-state index contributed by atoms with van der Waals surface area (Å²) < 4.78 is 53.3. The van der Waals surface area contributed by atoms with Gasteiger partial charge in [0.25, 0.3) is 5.56 Å². The van der Waals surface area contributed by atoms with Crippen molar-refractivity contribution in [2.75, 3.05) is 0 Å². The summed E-state index contributed by atoms with van der Waals surface area (Å²) in [6, 6.07) is 9.57. The molecular weight excluding hydrogens is 324 g/mol. The summed E-state index contributed by atoms with van der Waals surface area (Å²) in [5, 5.41) is 0. The Bertz CT molecular complexity index is 976. The van der Waals surface area contributed by atoms with Gasteiger partial charge in [0.05, 0.1) is 23.1 Å². The Hall–Kier alpha value is -2.70. The van der Waals surface area contributed by atoms with Crippen molar-refractivity contribution < 1.29 is 17.6 Å². The minimum absolute atomic E-state index is 0.105. The van der Waals surface area contributed by atoms with Crippen LogP contribution in [0.4, 0.5) is 17.6 Å². The van der Waals surface area contributed by atoms with E-state index in [9.17, 15) is 22.4 Å². The minimum Gasteiger partial charge on any atom is -0.301 e. The third kappa shape index (κ3) is 2.89. The zero-order valence-corrected chi connectivity index (χ0v) is 12.6. The maximum atomic E-state index is 13.4. The second-order valence-corrected chi connectivity index (χ2v) is 5.39. The SMILES string of the molecule is Cc1nc2ccccc2n(Cc2ccc(F)c(C(F)(F)F)c2)c1=O. The molecule has 7 heteroatoms. The Kier molecular flexibility index (Phi) is 3.87. The lowest BCUT2D eigenvalue weighted by Crippen LogP contribution is -2.24. The van der Waals surface area contributed by atoms with E-state index in [2.05, 4.69) is 4.98 Å². The summed E-state index contributed by atoms with van der Waals surface area (Å²) in [6.45, 7) is 1.43. The summed E-state index contributed by atoms with van der Waals surface area (Å²) in [4.78, 5) is 16.5. The molecule has 0 amide bonds. The molecule has 1 heterocycles. The number of rotatable bonds is 2. The number of halogens is 4. The first kappa shape index (κ1) is 16.2. The van der Waals surface area contributed by atoms with E-state index in [-0.39, 0.29) is 17.8 Å². The van der Waals surface area contributed by atoms with Crippen LogP contribution in [0.25, 0.3) is 11.0 Å². The van der Waals surface area contributed by atoms with E-state index in [0.29, 0.717) is 11.0 Å². The Morgan fingerprint density at radius 1 is 1.12 bits per heavy atom. The molecule has 24 heavy (non-hydrogen) atoms. The fourth-order valence-corrected chi connectivity index (χ4v) is 2.55. The first-order valence-corrected chi connectivity index (χ1v) is 7.09. The van der Waals surface area contributed by atoms with E-state index in [1.807, 2.05) is 0 Å². The molecule has 0 aliphatic carbocycles. The molecule has 1 aromatic heterocycles. The smallest absolute Gasteiger partial charge is 0.301 e. The molecule has 0 N–H and O–H groups in total. The number of benzene rings is 2. The highest BCUT2D eigenvalue weighted by Gasteiger charge is 2.34. The van der Waals surface area contributed by atoms with Gasteiger partial charge >= 0.3 is 6.18 Å². The zero-order valence-electron chi connectivity index (χ0n) is 12.6. The van der Waals surface area contributed by atoms with Crippen molar-refractivity contribution in [3.63, 3.8) is 0 Å². The molecule has 0 unspecified atom stereocenters. The molecule has 0 spiro atoms. The molecule has 3 nitrogen and oxygen atoms in total. The molecule has 0 saturated heterocycles. The number of fused-ring (bicyclic) bond motifs is 1. The van der Waals surface area contributed by atoms with Gasteiger partial charge in [0, 0.05) is 0 Å². The van der Waals surface area contributed by atoms with Gasteiger partial charge in [-0.3, -0.25) is 4.79 Å². The Balaban J connectivity index is 2.15. The molecule has 2 aromatic carbocycles. The lowest BCUT2D eigenvalue weighted by molar-refractivity contribution is -0.140. The molecular formula is C17H12F4N2O. The summed E-state index contributed by atoms with van der Waals surface area (Å²) in [5.41, 5.74) is -0.248. The van der Waals surface area contributed by atoms with Crippen LogP contribution in [0.5, 0.6) is 0 Å². The topological polar surface area (TPSA) is 34.9 Å². The van der Waals surface area contributed by atoms with Gasteiger partial charge < -0.3 is 4.57 Å². The number of hydrogen-bond acceptors (Lipinski definition) is 2. The molecule has 0 atom stereocenters. The number of aromatic nitrogens is 2. The van der Waals surface area contributed by atoms with Gasteiger partial charge in [-0.1, -0.05) is 18.2 Å². The van der Waals surface area contributed by atoms with Crippen LogP contribution >= 0.6 is 0 Å². The largest absolute Gasteiger partial charge is 0.419 e. The van der Waals surface area contributed by atoms with Gasteiger partial charge in [-0.05, 0) is 36.8 Å². The standard InChI is InChI=1S/C17H12F4N2O/c1-10-16(24)23(15-5-3-2-4-14(15)22-10)9-11-6-7-13(18)12(8-11)17(19,20)21/h2-8H,9H2,1H3. The summed E-state index contributed by atoms with van der Waals surface area (Å²) in [6.07, 6.45) is -4.79. The van der Waals surface area contributed by atoms with Crippen LogP contribution < -0.4 is 5.56 Å². The quantitative estimate of drug-likeness (QED) is 0.665. The number of alkyl halides is 3. The third-order valence-corrected chi connectivity index (χ3v) is 3.69. The zero-order chi connectivity index (χ0) is 17.5. The molecule has 3 aromatic rings. The van der Waals surface area contributed by atoms with Crippen molar-refractivity contribution in [1.82, 2.24) is 9.55 Å². The van der Waals surface area contributed by atoms with Gasteiger partial charge in [0.2, 0.25) is 0 Å². The van der Waals surface area contributed by atoms with Crippen molar-refractivity contribution >= 4 is 11.0 Å². The Morgan fingerprint density at radius 2 is 1.83 bits per heavy atom. The molecule has 0 aliphatic rings. The lowest BCUT2D eigenvalue weighted by atomic mass is 10.1. The van der Waals surface area contributed by atoms with Crippen LogP contribution in [0.3, 0.4) is 0 Å². The lowest BCUT2D eigenvalue weighted by Gasteiger charge is -2.13. The van der Waals surface area contributed by atoms with E-state index in [1.165, 1.54) is 17.6 Å². The highest BCUT2D eigenvalue weighted by molar-refractivity contribution is 5.74. The number of aryl methyl sites for hydroxylation is 1. The van der Waals surface area contributed by atoms with Crippen LogP contribution in [0.15, 0.2) is 47.3 Å². The highest BCUT2D eigenvalue weighted by Crippen LogP contribution is 2.32. The molecule has 0 bridgehead atoms. The molecule has 0 aliphatic heterocycles. The predicted octanol–water partition coefficient (Wildman–Crippen LogP) is 3.91. The average Bonchev–Trinajstić information content (AvgIpc) is 2.52. The van der Waals surface area contributed by atoms with Crippen LogP contribution in [0.1, 0.15) is 16.8 Å². The van der Waals surface area contributed by atoms with Crippen LogP contribution in [-0.4, -0.2) is 9.55 Å². The average molecular weight is 336 g/mol. The predicted molar refractivity (Wildman–Crippen MR) is 81.2 cm³/mol. The van der Waals surface area contributed by atoms with Gasteiger partial charge in [-0.15, -0.1) is 0 Å². The van der Waals surface area contributed by atoms with Crippen LogP contribution in [0.2, 0.25) is 0 Å². The number of nitrogens with zero attached hydrogens (tertiary/aromatic N) is 2. The molecule has 0 radical (unpaired) electrons. The first-order valence-electron chi connectivity index (χ1n) is 7.09. The van der Waals surface area contributed by atoms with Gasteiger partial charge in [-0.2, -0.15) is 13.2 Å². The van der Waals surface area contributed by atoms with Crippen molar-refractivity contribution in [3.05, 3.63) is 75.5 Å². The fourth-order valence-electron chi connectivity index (χ4n) is 2.55. The van der Waals surface area contributed by atoms with E-state index >= 15 is 0 Å². The molecule has 124 valence electrons. The van der Waals surface area contributed by atoms with Crippen LogP contribution in [0, 0.1) is 12.7 Å². The monoisotopic (exact) mass is 336 g/mol. The van der Waals surface area contributed by atoms with Crippen molar-refractivity contribution in [3.8, 4) is 0 Å². The fraction of sp³-hybridized carbons (Fsp3) is 0.176.